The van der Waals surface area contributed by atoms with Crippen molar-refractivity contribution in [2.75, 3.05) is 20.3 Å². The van der Waals surface area contributed by atoms with Gasteiger partial charge in [0.25, 0.3) is 0 Å². The molecule has 160 valence electrons. The second kappa shape index (κ2) is 9.01. The van der Waals surface area contributed by atoms with Crippen LogP contribution in [0.1, 0.15) is 19.5 Å². The van der Waals surface area contributed by atoms with Crippen LogP contribution in [0.15, 0.2) is 53.3 Å². The van der Waals surface area contributed by atoms with E-state index in [1.54, 1.807) is 7.11 Å². The summed E-state index contributed by atoms with van der Waals surface area (Å²) < 4.78 is 12.5. The van der Waals surface area contributed by atoms with Crippen molar-refractivity contribution in [1.82, 2.24) is 24.8 Å². The van der Waals surface area contributed by atoms with Crippen LogP contribution in [0.2, 0.25) is 0 Å². The van der Waals surface area contributed by atoms with Gasteiger partial charge in [-0.15, -0.1) is 0 Å². The highest BCUT2D eigenvalue weighted by molar-refractivity contribution is 5.78. The number of hydrogen-bond acceptors (Lipinski definition) is 6. The molecule has 0 saturated carbocycles. The van der Waals surface area contributed by atoms with Gasteiger partial charge in [-0.05, 0) is 49.9 Å². The average Bonchev–Trinajstić information content (AvgIpc) is 3.13. The number of nitrogens with zero attached hydrogens (tertiary/aromatic N) is 3. The summed E-state index contributed by atoms with van der Waals surface area (Å²) in [5.74, 6) is 1.90. The fourth-order valence-corrected chi connectivity index (χ4v) is 3.45. The summed E-state index contributed by atoms with van der Waals surface area (Å²) >= 11 is 0. The van der Waals surface area contributed by atoms with Crippen molar-refractivity contribution in [1.29, 1.82) is 0 Å². The summed E-state index contributed by atoms with van der Waals surface area (Å²) in [6.07, 6.45) is 0. The van der Waals surface area contributed by atoms with Crippen molar-refractivity contribution < 1.29 is 9.47 Å². The zero-order chi connectivity index (χ0) is 21.8. The number of benzene rings is 2. The number of nitrogens with one attached hydrogen (secondary N) is 2. The summed E-state index contributed by atoms with van der Waals surface area (Å²) in [6.45, 7) is 5.85. The molecule has 2 aromatic carbocycles. The van der Waals surface area contributed by atoms with E-state index in [-0.39, 0.29) is 5.69 Å². The molecule has 0 aliphatic carbocycles. The molecule has 31 heavy (non-hydrogen) atoms. The molecule has 0 atom stereocenters. The number of rotatable bonds is 8. The Morgan fingerprint density at radius 1 is 1.06 bits per heavy atom. The molecule has 4 aromatic rings. The van der Waals surface area contributed by atoms with Gasteiger partial charge in [-0.2, -0.15) is 0 Å². The Morgan fingerprint density at radius 2 is 1.84 bits per heavy atom. The van der Waals surface area contributed by atoms with Crippen molar-refractivity contribution in [3.63, 3.8) is 0 Å². The lowest BCUT2D eigenvalue weighted by Gasteiger charge is -2.11. The van der Waals surface area contributed by atoms with Gasteiger partial charge in [0.15, 0.2) is 11.5 Å². The van der Waals surface area contributed by atoms with E-state index in [9.17, 15) is 4.79 Å². The minimum atomic E-state index is -0.296. The van der Waals surface area contributed by atoms with Gasteiger partial charge in [-0.3, -0.25) is 0 Å². The first-order valence-corrected chi connectivity index (χ1v) is 10.2. The number of para-hydroxylation sites is 2. The van der Waals surface area contributed by atoms with Crippen LogP contribution >= 0.6 is 0 Å². The third kappa shape index (κ3) is 4.02. The number of imidazole rings is 1. The molecule has 0 spiro atoms. The fraction of sp³-hybridized carbons (Fsp3) is 0.261. The van der Waals surface area contributed by atoms with Crippen LogP contribution in [0.3, 0.4) is 0 Å². The number of H-pyrrole nitrogens is 1. The van der Waals surface area contributed by atoms with E-state index in [2.05, 4.69) is 10.3 Å². The zero-order valence-corrected chi connectivity index (χ0v) is 17.8. The van der Waals surface area contributed by atoms with Gasteiger partial charge < -0.3 is 19.8 Å². The lowest BCUT2D eigenvalue weighted by atomic mass is 10.2. The highest BCUT2D eigenvalue weighted by atomic mass is 16.5. The van der Waals surface area contributed by atoms with Gasteiger partial charge >= 0.3 is 5.69 Å². The molecule has 0 unspecified atom stereocenters. The molecule has 0 radical (unpaired) electrons. The first-order valence-electron chi connectivity index (χ1n) is 10.2. The van der Waals surface area contributed by atoms with E-state index in [1.165, 1.54) is 4.57 Å². The SMILES string of the molecule is CCNCc1nc(-c2ccc(OCC)cc2)nc2c1[nH]c(=O)n2-c1ccccc1OC. The van der Waals surface area contributed by atoms with Crippen molar-refractivity contribution in [2.45, 2.75) is 20.4 Å². The van der Waals surface area contributed by atoms with Crippen molar-refractivity contribution in [3.8, 4) is 28.6 Å². The summed E-state index contributed by atoms with van der Waals surface area (Å²) in [5.41, 5.74) is 2.99. The minimum Gasteiger partial charge on any atom is -0.495 e. The van der Waals surface area contributed by atoms with Crippen molar-refractivity contribution in [2.24, 2.45) is 0 Å². The molecule has 8 heteroatoms. The molecule has 0 aliphatic rings. The van der Waals surface area contributed by atoms with E-state index < -0.39 is 0 Å². The molecular weight excluding hydrogens is 394 g/mol. The molecule has 2 heterocycles. The monoisotopic (exact) mass is 419 g/mol. The summed E-state index contributed by atoms with van der Waals surface area (Å²) in [7, 11) is 1.58. The smallest absolute Gasteiger partial charge is 0.332 e. The normalized spacial score (nSPS) is 11.1. The summed E-state index contributed by atoms with van der Waals surface area (Å²) in [4.78, 5) is 25.4. The van der Waals surface area contributed by atoms with E-state index in [0.29, 0.717) is 41.6 Å². The van der Waals surface area contributed by atoms with E-state index in [0.717, 1.165) is 23.6 Å². The third-order valence-electron chi connectivity index (χ3n) is 4.90. The maximum atomic E-state index is 12.9. The standard InChI is InChI=1S/C23H25N5O3/c1-4-24-14-17-20-22(27-21(25-17)15-10-12-16(13-11-15)31-5-2)28(23(29)26-20)18-8-6-7-9-19(18)30-3/h6-13,24H,4-5,14H2,1-3H3,(H,26,29). The van der Waals surface area contributed by atoms with Gasteiger partial charge in [0, 0.05) is 12.1 Å². The molecule has 2 aromatic heterocycles. The highest BCUT2D eigenvalue weighted by Gasteiger charge is 2.19. The van der Waals surface area contributed by atoms with Gasteiger partial charge in [0.1, 0.15) is 17.0 Å². The summed E-state index contributed by atoms with van der Waals surface area (Å²) in [6, 6.07) is 15.0. The zero-order valence-electron chi connectivity index (χ0n) is 17.8. The van der Waals surface area contributed by atoms with Crippen molar-refractivity contribution in [3.05, 3.63) is 64.7 Å². The predicted octanol–water partition coefficient (Wildman–Crippen LogP) is 3.29. The molecule has 4 rings (SSSR count). The molecule has 2 N–H and O–H groups in total. The number of hydrogen-bond donors (Lipinski definition) is 2. The van der Waals surface area contributed by atoms with E-state index in [1.807, 2.05) is 62.4 Å². The van der Waals surface area contributed by atoms with Crippen LogP contribution in [0.4, 0.5) is 0 Å². The topological polar surface area (TPSA) is 94.1 Å². The lowest BCUT2D eigenvalue weighted by Crippen LogP contribution is -2.15. The lowest BCUT2D eigenvalue weighted by molar-refractivity contribution is 0.340. The predicted molar refractivity (Wildman–Crippen MR) is 120 cm³/mol. The fourth-order valence-electron chi connectivity index (χ4n) is 3.45. The van der Waals surface area contributed by atoms with Crippen LogP contribution in [0, 0.1) is 0 Å². The van der Waals surface area contributed by atoms with E-state index in [4.69, 9.17) is 19.4 Å². The number of fused-ring (bicyclic) bond motifs is 1. The minimum absolute atomic E-state index is 0.296. The van der Waals surface area contributed by atoms with Gasteiger partial charge in [-0.1, -0.05) is 19.1 Å². The molecule has 8 nitrogen and oxygen atoms in total. The number of ether oxygens (including phenoxy) is 2. The number of methoxy groups -OCH3 is 1. The van der Waals surface area contributed by atoms with Crippen LogP contribution in [0.25, 0.3) is 28.2 Å². The molecule has 0 amide bonds. The second-order valence-corrected chi connectivity index (χ2v) is 6.87. The summed E-state index contributed by atoms with van der Waals surface area (Å²) in [5, 5.41) is 3.29. The molecule has 0 aliphatic heterocycles. The Bertz CT molecular complexity index is 1240. The quantitative estimate of drug-likeness (QED) is 0.455. The molecule has 0 saturated heterocycles. The second-order valence-electron chi connectivity index (χ2n) is 6.87. The maximum absolute atomic E-state index is 12.9. The Labute approximate surface area is 179 Å². The first kappa shape index (κ1) is 20.6. The van der Waals surface area contributed by atoms with E-state index >= 15 is 0 Å². The highest BCUT2D eigenvalue weighted by Crippen LogP contribution is 2.27. The maximum Gasteiger partial charge on any atom is 0.332 e. The molecule has 0 fully saturated rings. The molecule has 0 bridgehead atoms. The Hall–Kier alpha value is -3.65. The Kier molecular flexibility index (Phi) is 5.99. The van der Waals surface area contributed by atoms with Crippen LogP contribution < -0.4 is 20.5 Å². The van der Waals surface area contributed by atoms with Gasteiger partial charge in [-0.25, -0.2) is 19.3 Å². The van der Waals surface area contributed by atoms with Crippen molar-refractivity contribution >= 4 is 11.2 Å². The largest absolute Gasteiger partial charge is 0.495 e. The van der Waals surface area contributed by atoms with Crippen LogP contribution in [-0.2, 0) is 6.54 Å². The van der Waals surface area contributed by atoms with Gasteiger partial charge in [0.2, 0.25) is 0 Å². The Morgan fingerprint density at radius 3 is 2.55 bits per heavy atom. The van der Waals surface area contributed by atoms with Gasteiger partial charge in [0.05, 0.1) is 25.1 Å². The number of aromatic nitrogens is 4. The molecular formula is C23H25N5O3. The van der Waals surface area contributed by atoms with Crippen LogP contribution in [-0.4, -0.2) is 39.8 Å². The average molecular weight is 419 g/mol. The number of aromatic amines is 1. The third-order valence-corrected chi connectivity index (χ3v) is 4.90. The first-order chi connectivity index (χ1) is 15.2. The van der Waals surface area contributed by atoms with Crippen LogP contribution in [0.5, 0.6) is 11.5 Å². The Balaban J connectivity index is 1.93.